The number of piperidine rings is 1. The predicted molar refractivity (Wildman–Crippen MR) is 63.9 cm³/mol. The lowest BCUT2D eigenvalue weighted by Crippen LogP contribution is -2.42. The molecule has 0 atom stereocenters. The molecular formula is C10H18ClNO3S. The van der Waals surface area contributed by atoms with Crippen molar-refractivity contribution in [3.05, 3.63) is 0 Å². The first kappa shape index (κ1) is 13.9. The van der Waals surface area contributed by atoms with Crippen LogP contribution < -0.4 is 0 Å². The van der Waals surface area contributed by atoms with E-state index < -0.39 is 20.7 Å². The van der Waals surface area contributed by atoms with E-state index in [-0.39, 0.29) is 5.75 Å². The molecule has 94 valence electrons. The van der Waals surface area contributed by atoms with Crippen LogP contribution in [-0.4, -0.2) is 36.8 Å². The quantitative estimate of drug-likeness (QED) is 0.727. The average molecular weight is 268 g/mol. The monoisotopic (exact) mass is 267 g/mol. The fourth-order valence-corrected chi connectivity index (χ4v) is 3.93. The number of hydrogen-bond donors (Lipinski definition) is 0. The number of hydrogen-bond acceptors (Lipinski definition) is 3. The van der Waals surface area contributed by atoms with Gasteiger partial charge in [-0.05, 0) is 24.4 Å². The molecule has 0 aromatic rings. The summed E-state index contributed by atoms with van der Waals surface area (Å²) in [5, 5.41) is -0.604. The molecule has 4 nitrogen and oxygen atoms in total. The maximum absolute atomic E-state index is 12.0. The van der Waals surface area contributed by atoms with Crippen LogP contribution in [0, 0.1) is 5.41 Å². The van der Waals surface area contributed by atoms with E-state index in [0.29, 0.717) is 13.1 Å². The third-order valence-electron chi connectivity index (χ3n) is 2.78. The van der Waals surface area contributed by atoms with Crippen molar-refractivity contribution in [3.63, 3.8) is 0 Å². The van der Waals surface area contributed by atoms with Crippen molar-refractivity contribution < 1.29 is 13.2 Å². The number of nitrogens with zero attached hydrogens (tertiary/aromatic N) is 1. The fraction of sp³-hybridized carbons (Fsp3) is 0.900. The van der Waals surface area contributed by atoms with E-state index in [9.17, 15) is 13.2 Å². The molecule has 0 spiro atoms. The van der Waals surface area contributed by atoms with Gasteiger partial charge in [-0.2, -0.15) is 0 Å². The van der Waals surface area contributed by atoms with E-state index in [2.05, 4.69) is 0 Å². The molecule has 0 amide bonds. The number of carbonyl (C=O) groups excluding carboxylic acids is 1. The molecule has 16 heavy (non-hydrogen) atoms. The maximum Gasteiger partial charge on any atom is 0.228 e. The Morgan fingerprint density at radius 1 is 1.25 bits per heavy atom. The summed E-state index contributed by atoms with van der Waals surface area (Å²) in [5.74, 6) is -0.206. The largest absolute Gasteiger partial charge is 0.281 e. The van der Waals surface area contributed by atoms with E-state index >= 15 is 0 Å². The van der Waals surface area contributed by atoms with Crippen LogP contribution in [0.25, 0.3) is 0 Å². The van der Waals surface area contributed by atoms with Crippen molar-refractivity contribution >= 4 is 26.9 Å². The molecule has 0 aliphatic carbocycles. The predicted octanol–water partition coefficient (Wildman–Crippen LogP) is 1.59. The first-order valence-electron chi connectivity index (χ1n) is 5.43. The summed E-state index contributed by atoms with van der Waals surface area (Å²) in [7, 11) is -3.36. The average Bonchev–Trinajstić information content (AvgIpc) is 2.17. The van der Waals surface area contributed by atoms with Crippen molar-refractivity contribution in [3.8, 4) is 0 Å². The number of halogens is 1. The van der Waals surface area contributed by atoms with E-state index in [1.54, 1.807) is 13.8 Å². The van der Waals surface area contributed by atoms with E-state index in [4.69, 9.17) is 11.6 Å². The standard InChI is InChI=1S/C10H18ClNO3S/c1-10(2,9(11)13)8-16(14,15)12-6-4-3-5-7-12/h3-8H2,1-2H3. The highest BCUT2D eigenvalue weighted by Gasteiger charge is 2.35. The highest BCUT2D eigenvalue weighted by Crippen LogP contribution is 2.24. The van der Waals surface area contributed by atoms with Gasteiger partial charge in [0.05, 0.1) is 11.2 Å². The third-order valence-corrected chi connectivity index (χ3v) is 5.53. The van der Waals surface area contributed by atoms with Gasteiger partial charge in [-0.15, -0.1) is 0 Å². The summed E-state index contributed by atoms with van der Waals surface area (Å²) < 4.78 is 25.5. The summed E-state index contributed by atoms with van der Waals surface area (Å²) >= 11 is 5.39. The zero-order chi connectivity index (χ0) is 12.4. The molecule has 0 unspecified atom stereocenters. The minimum atomic E-state index is -3.36. The minimum absolute atomic E-state index is 0.206. The molecule has 1 heterocycles. The van der Waals surface area contributed by atoms with Gasteiger partial charge >= 0.3 is 0 Å². The van der Waals surface area contributed by atoms with Gasteiger partial charge in [-0.3, -0.25) is 4.79 Å². The van der Waals surface area contributed by atoms with Crippen LogP contribution in [0.3, 0.4) is 0 Å². The second-order valence-corrected chi connectivity index (χ2v) is 7.19. The van der Waals surface area contributed by atoms with Crippen LogP contribution >= 0.6 is 11.6 Å². The number of sulfonamides is 1. The number of carbonyl (C=O) groups is 1. The Balaban J connectivity index is 2.74. The minimum Gasteiger partial charge on any atom is -0.281 e. The molecule has 0 aromatic heterocycles. The smallest absolute Gasteiger partial charge is 0.228 e. The van der Waals surface area contributed by atoms with Crippen molar-refractivity contribution in [1.82, 2.24) is 4.31 Å². The van der Waals surface area contributed by atoms with Gasteiger partial charge in [-0.1, -0.05) is 20.3 Å². The summed E-state index contributed by atoms with van der Waals surface area (Å²) in [5.41, 5.74) is -1.02. The van der Waals surface area contributed by atoms with Gasteiger partial charge in [0.2, 0.25) is 15.3 Å². The normalized spacial score (nSPS) is 19.7. The van der Waals surface area contributed by atoms with Crippen molar-refractivity contribution in [2.75, 3.05) is 18.8 Å². The molecule has 0 radical (unpaired) electrons. The lowest BCUT2D eigenvalue weighted by Gasteiger charge is -2.29. The Bertz CT molecular complexity index is 358. The molecule has 0 bridgehead atoms. The Morgan fingerprint density at radius 2 is 1.75 bits per heavy atom. The van der Waals surface area contributed by atoms with E-state index in [1.807, 2.05) is 0 Å². The Morgan fingerprint density at radius 3 is 2.19 bits per heavy atom. The van der Waals surface area contributed by atoms with Gasteiger partial charge in [0, 0.05) is 13.1 Å². The molecule has 0 aromatic carbocycles. The lowest BCUT2D eigenvalue weighted by atomic mass is 9.99. The molecule has 1 rings (SSSR count). The molecule has 1 aliphatic heterocycles. The Hall–Kier alpha value is -0.130. The fourth-order valence-electron chi connectivity index (χ4n) is 1.75. The molecular weight excluding hydrogens is 250 g/mol. The van der Waals surface area contributed by atoms with Crippen molar-refractivity contribution in [2.24, 2.45) is 5.41 Å². The van der Waals surface area contributed by atoms with Gasteiger partial charge in [-0.25, -0.2) is 12.7 Å². The van der Waals surface area contributed by atoms with Crippen LogP contribution in [0.2, 0.25) is 0 Å². The van der Waals surface area contributed by atoms with Gasteiger partial charge < -0.3 is 0 Å². The van der Waals surface area contributed by atoms with Crippen molar-refractivity contribution in [2.45, 2.75) is 33.1 Å². The summed E-state index contributed by atoms with van der Waals surface area (Å²) in [4.78, 5) is 11.1. The SMILES string of the molecule is CC(C)(CS(=O)(=O)N1CCCCC1)C(=O)Cl. The second-order valence-electron chi connectivity index (χ2n) is 4.87. The third kappa shape index (κ3) is 3.43. The molecule has 1 fully saturated rings. The molecule has 0 N–H and O–H groups in total. The zero-order valence-electron chi connectivity index (χ0n) is 9.70. The zero-order valence-corrected chi connectivity index (χ0v) is 11.3. The Kier molecular flexibility index (Phi) is 4.37. The maximum atomic E-state index is 12.0. The highest BCUT2D eigenvalue weighted by atomic mass is 35.5. The second kappa shape index (κ2) is 5.02. The highest BCUT2D eigenvalue weighted by molar-refractivity contribution is 7.89. The molecule has 1 saturated heterocycles. The van der Waals surface area contributed by atoms with E-state index in [0.717, 1.165) is 19.3 Å². The van der Waals surface area contributed by atoms with Gasteiger partial charge in [0.25, 0.3) is 0 Å². The van der Waals surface area contributed by atoms with Crippen LogP contribution in [0.4, 0.5) is 0 Å². The molecule has 1 aliphatic rings. The molecule has 6 heteroatoms. The topological polar surface area (TPSA) is 54.5 Å². The first-order chi connectivity index (χ1) is 7.26. The Labute approximate surface area is 102 Å². The molecule has 0 saturated carbocycles. The van der Waals surface area contributed by atoms with Crippen molar-refractivity contribution in [1.29, 1.82) is 0 Å². The van der Waals surface area contributed by atoms with Crippen LogP contribution in [0.5, 0.6) is 0 Å². The first-order valence-corrected chi connectivity index (χ1v) is 7.42. The van der Waals surface area contributed by atoms with Crippen LogP contribution in [0.1, 0.15) is 33.1 Å². The van der Waals surface area contributed by atoms with Crippen LogP contribution in [-0.2, 0) is 14.8 Å². The van der Waals surface area contributed by atoms with Gasteiger partial charge in [0.15, 0.2) is 0 Å². The van der Waals surface area contributed by atoms with Gasteiger partial charge in [0.1, 0.15) is 0 Å². The van der Waals surface area contributed by atoms with Crippen LogP contribution in [0.15, 0.2) is 0 Å². The summed E-state index contributed by atoms with van der Waals surface area (Å²) in [6.07, 6.45) is 2.87. The lowest BCUT2D eigenvalue weighted by molar-refractivity contribution is -0.118. The number of rotatable bonds is 4. The summed E-state index contributed by atoms with van der Waals surface area (Å²) in [6, 6.07) is 0. The van der Waals surface area contributed by atoms with E-state index in [1.165, 1.54) is 4.31 Å². The summed E-state index contributed by atoms with van der Waals surface area (Å²) in [6.45, 7) is 4.25.